The van der Waals surface area contributed by atoms with E-state index in [2.05, 4.69) is 15.0 Å². The molecule has 8 nitrogen and oxygen atoms in total. The van der Waals surface area contributed by atoms with Crippen molar-refractivity contribution in [1.29, 1.82) is 0 Å². The molecule has 2 amide bonds. The van der Waals surface area contributed by atoms with Crippen LogP contribution >= 0.6 is 23.2 Å². The number of carbonyl (C=O) groups is 2. The monoisotopic (exact) mass is 628 g/mol. The SMILES string of the molecule is CC(C)(NC(=O)[C@@H]1c2ccccc2C(=O)N([C@H]2CCCC[C@@H]2NS(C)(=O)=O)[C@H]1c1ccc(Cl)cc1Cl)c1ccccn1. The zero-order valence-electron chi connectivity index (χ0n) is 23.7. The molecule has 0 saturated heterocycles. The highest BCUT2D eigenvalue weighted by Crippen LogP contribution is 2.48. The lowest BCUT2D eigenvalue weighted by Crippen LogP contribution is -2.59. The van der Waals surface area contributed by atoms with E-state index in [1.54, 1.807) is 53.6 Å². The molecule has 1 aliphatic heterocycles. The van der Waals surface area contributed by atoms with Crippen LogP contribution in [0.4, 0.5) is 0 Å². The first-order valence-corrected chi connectivity index (χ1v) is 16.6. The van der Waals surface area contributed by atoms with Crippen LogP contribution < -0.4 is 10.0 Å². The Kier molecular flexibility index (Phi) is 8.67. The second kappa shape index (κ2) is 12.0. The van der Waals surface area contributed by atoms with Gasteiger partial charge in [0.2, 0.25) is 15.9 Å². The third kappa shape index (κ3) is 6.20. The molecule has 1 aromatic heterocycles. The predicted molar refractivity (Wildman–Crippen MR) is 164 cm³/mol. The molecule has 2 aromatic carbocycles. The van der Waals surface area contributed by atoms with Crippen LogP contribution in [0.2, 0.25) is 10.0 Å². The number of nitrogens with zero attached hydrogens (tertiary/aromatic N) is 2. The standard InChI is InChI=1S/C31H34Cl2N4O4S/c1-31(2,26-14-8-9-17-34-26)35-29(38)27-20-10-4-5-11-21(20)30(39)37(28(27)22-16-15-19(32)18-23(22)33)25-13-7-6-12-24(25)36-42(3,40)41/h4-5,8-11,14-18,24-25,27-28,36H,6-7,12-13H2,1-3H3,(H,35,38)/t24-,25-,27+,28-/m0/s1. The lowest BCUT2D eigenvalue weighted by molar-refractivity contribution is -0.126. The number of rotatable bonds is 7. The van der Waals surface area contributed by atoms with E-state index in [9.17, 15) is 18.0 Å². The van der Waals surface area contributed by atoms with Gasteiger partial charge in [0.1, 0.15) is 0 Å². The van der Waals surface area contributed by atoms with E-state index in [1.807, 2.05) is 32.0 Å². The summed E-state index contributed by atoms with van der Waals surface area (Å²) >= 11 is 13.1. The maximum Gasteiger partial charge on any atom is 0.255 e. The summed E-state index contributed by atoms with van der Waals surface area (Å²) in [6.07, 6.45) is 5.55. The van der Waals surface area contributed by atoms with Gasteiger partial charge in [-0.3, -0.25) is 14.6 Å². The molecule has 42 heavy (non-hydrogen) atoms. The number of benzene rings is 2. The van der Waals surface area contributed by atoms with Crippen LogP contribution in [0.5, 0.6) is 0 Å². The Morgan fingerprint density at radius 2 is 1.71 bits per heavy atom. The molecule has 2 heterocycles. The predicted octanol–water partition coefficient (Wildman–Crippen LogP) is 5.58. The minimum absolute atomic E-state index is 0.276. The maximum absolute atomic E-state index is 14.5. The van der Waals surface area contributed by atoms with E-state index >= 15 is 0 Å². The highest BCUT2D eigenvalue weighted by molar-refractivity contribution is 7.88. The molecular weight excluding hydrogens is 595 g/mol. The highest BCUT2D eigenvalue weighted by atomic mass is 35.5. The summed E-state index contributed by atoms with van der Waals surface area (Å²) in [4.78, 5) is 35.1. The summed E-state index contributed by atoms with van der Waals surface area (Å²) in [7, 11) is -3.57. The summed E-state index contributed by atoms with van der Waals surface area (Å²) in [6, 6.07) is 15.8. The molecule has 4 atom stereocenters. The van der Waals surface area contributed by atoms with Gasteiger partial charge in [-0.15, -0.1) is 0 Å². The number of carbonyl (C=O) groups excluding carboxylic acids is 2. The van der Waals surface area contributed by atoms with Gasteiger partial charge in [0.15, 0.2) is 0 Å². The highest BCUT2D eigenvalue weighted by Gasteiger charge is 2.50. The van der Waals surface area contributed by atoms with Crippen molar-refractivity contribution in [3.05, 3.63) is 99.3 Å². The molecule has 222 valence electrons. The molecule has 5 rings (SSSR count). The molecule has 3 aromatic rings. The van der Waals surface area contributed by atoms with Gasteiger partial charge in [-0.05, 0) is 68.1 Å². The van der Waals surface area contributed by atoms with Crippen LogP contribution in [0.15, 0.2) is 66.9 Å². The Morgan fingerprint density at radius 3 is 2.40 bits per heavy atom. The average molecular weight is 630 g/mol. The van der Waals surface area contributed by atoms with Crippen molar-refractivity contribution in [2.75, 3.05) is 6.26 Å². The van der Waals surface area contributed by atoms with Crippen molar-refractivity contribution >= 4 is 45.0 Å². The van der Waals surface area contributed by atoms with Crippen molar-refractivity contribution < 1.29 is 18.0 Å². The van der Waals surface area contributed by atoms with Crippen molar-refractivity contribution in [2.45, 2.75) is 69.1 Å². The smallest absolute Gasteiger partial charge is 0.255 e. The number of halogens is 2. The number of aromatic nitrogens is 1. The number of hydrogen-bond acceptors (Lipinski definition) is 5. The topological polar surface area (TPSA) is 108 Å². The second-order valence-corrected chi connectivity index (χ2v) is 14.2. The van der Waals surface area contributed by atoms with Crippen molar-refractivity contribution in [3.8, 4) is 0 Å². The lowest BCUT2D eigenvalue weighted by Gasteiger charge is -2.49. The summed E-state index contributed by atoms with van der Waals surface area (Å²) in [5, 5.41) is 3.92. The van der Waals surface area contributed by atoms with Crippen LogP contribution in [0, 0.1) is 0 Å². The Hall–Kier alpha value is -2.98. The zero-order valence-corrected chi connectivity index (χ0v) is 26.0. The Morgan fingerprint density at radius 1 is 1.00 bits per heavy atom. The number of sulfonamides is 1. The minimum Gasteiger partial charge on any atom is -0.345 e. The first-order chi connectivity index (χ1) is 19.9. The molecule has 0 unspecified atom stereocenters. The second-order valence-electron chi connectivity index (χ2n) is 11.6. The quantitative estimate of drug-likeness (QED) is 0.355. The van der Waals surface area contributed by atoms with E-state index in [0.717, 1.165) is 19.1 Å². The average Bonchev–Trinajstić information content (AvgIpc) is 2.93. The van der Waals surface area contributed by atoms with Gasteiger partial charge < -0.3 is 10.2 Å². The van der Waals surface area contributed by atoms with Gasteiger partial charge >= 0.3 is 0 Å². The zero-order chi connectivity index (χ0) is 30.2. The molecular formula is C31H34Cl2N4O4S. The van der Waals surface area contributed by atoms with Gasteiger partial charge in [-0.1, -0.05) is 66.4 Å². The molecule has 1 saturated carbocycles. The summed E-state index contributed by atoms with van der Waals surface area (Å²) in [5.41, 5.74) is 1.38. The van der Waals surface area contributed by atoms with Crippen molar-refractivity contribution in [1.82, 2.24) is 19.9 Å². The van der Waals surface area contributed by atoms with Crippen LogP contribution in [0.25, 0.3) is 0 Å². The maximum atomic E-state index is 14.5. The van der Waals surface area contributed by atoms with Crippen molar-refractivity contribution in [3.63, 3.8) is 0 Å². The minimum atomic E-state index is -3.57. The van der Waals surface area contributed by atoms with Crippen molar-refractivity contribution in [2.24, 2.45) is 0 Å². The van der Waals surface area contributed by atoms with Gasteiger partial charge in [0.25, 0.3) is 5.91 Å². The molecule has 1 aliphatic carbocycles. The Bertz CT molecular complexity index is 1600. The van der Waals surface area contributed by atoms with E-state index < -0.39 is 39.6 Å². The molecule has 0 spiro atoms. The third-order valence-corrected chi connectivity index (χ3v) is 9.43. The number of nitrogens with one attached hydrogen (secondary N) is 2. The fourth-order valence-electron chi connectivity index (χ4n) is 6.31. The number of hydrogen-bond donors (Lipinski definition) is 2. The normalized spacial score (nSPS) is 22.9. The lowest BCUT2D eigenvalue weighted by atomic mass is 9.76. The molecule has 2 aliphatic rings. The fraction of sp³-hybridized carbons (Fsp3) is 0.387. The fourth-order valence-corrected chi connectivity index (χ4v) is 7.66. The van der Waals surface area contributed by atoms with Gasteiger partial charge in [0, 0.05) is 33.9 Å². The van der Waals surface area contributed by atoms with Crippen LogP contribution in [-0.2, 0) is 20.4 Å². The first kappa shape index (κ1) is 30.5. The first-order valence-electron chi connectivity index (χ1n) is 13.9. The van der Waals surface area contributed by atoms with Crippen LogP contribution in [-0.4, -0.2) is 48.5 Å². The largest absolute Gasteiger partial charge is 0.345 e. The molecule has 1 fully saturated rings. The van der Waals surface area contributed by atoms with Gasteiger partial charge in [-0.2, -0.15) is 0 Å². The molecule has 0 radical (unpaired) electrons. The van der Waals surface area contributed by atoms with E-state index in [0.29, 0.717) is 45.3 Å². The van der Waals surface area contributed by atoms with Crippen LogP contribution in [0.3, 0.4) is 0 Å². The van der Waals surface area contributed by atoms with Gasteiger partial charge in [-0.25, -0.2) is 13.1 Å². The summed E-state index contributed by atoms with van der Waals surface area (Å²) in [5.74, 6) is -1.45. The molecule has 0 bridgehead atoms. The Balaban J connectivity index is 1.69. The Labute approximate surface area is 256 Å². The van der Waals surface area contributed by atoms with E-state index in [4.69, 9.17) is 23.2 Å². The number of fused-ring (bicyclic) bond motifs is 1. The van der Waals surface area contributed by atoms with Gasteiger partial charge in [0.05, 0.1) is 29.4 Å². The summed E-state index contributed by atoms with van der Waals surface area (Å²) < 4.78 is 27.6. The third-order valence-electron chi connectivity index (χ3n) is 8.13. The number of pyridine rings is 1. The molecule has 11 heteroatoms. The van der Waals surface area contributed by atoms with Crippen LogP contribution in [0.1, 0.15) is 78.7 Å². The molecule has 2 N–H and O–H groups in total. The summed E-state index contributed by atoms with van der Waals surface area (Å²) in [6.45, 7) is 3.75. The van der Waals surface area contributed by atoms with E-state index in [1.165, 1.54) is 0 Å². The number of amides is 2. The van der Waals surface area contributed by atoms with E-state index in [-0.39, 0.29) is 11.8 Å².